The third-order valence-corrected chi connectivity index (χ3v) is 10.3. The summed E-state index contributed by atoms with van der Waals surface area (Å²) >= 11 is 0. The first-order chi connectivity index (χ1) is 20.9. The fraction of sp³-hybridized carbons (Fsp3) is 0.268. The van der Waals surface area contributed by atoms with E-state index in [4.69, 9.17) is 4.42 Å². The van der Waals surface area contributed by atoms with Gasteiger partial charge in [-0.15, -0.1) is 0 Å². The zero-order valence-electron chi connectivity index (χ0n) is 27.2. The van der Waals surface area contributed by atoms with Crippen molar-refractivity contribution in [2.45, 2.75) is 71.6 Å². The lowest BCUT2D eigenvalue weighted by Gasteiger charge is -2.46. The lowest BCUT2D eigenvalue weighted by molar-refractivity contribution is 0.588. The van der Waals surface area contributed by atoms with E-state index in [1.54, 1.807) is 0 Å². The molecule has 6 aromatic rings. The third kappa shape index (κ3) is 3.74. The number of para-hydroxylation sites is 1. The minimum atomic E-state index is -0.126. The van der Waals surface area contributed by atoms with Crippen molar-refractivity contribution < 1.29 is 4.42 Å². The summed E-state index contributed by atoms with van der Waals surface area (Å²) in [5.74, 6) is 0. The van der Waals surface area contributed by atoms with Crippen LogP contribution in [-0.2, 0) is 16.2 Å². The Morgan fingerprint density at radius 3 is 2.07 bits per heavy atom. The van der Waals surface area contributed by atoms with E-state index in [1.165, 1.54) is 61.1 Å². The molecule has 2 aliphatic heterocycles. The van der Waals surface area contributed by atoms with Gasteiger partial charge in [-0.2, -0.15) is 0 Å². The van der Waals surface area contributed by atoms with E-state index in [0.29, 0.717) is 0 Å². The van der Waals surface area contributed by atoms with Crippen molar-refractivity contribution in [2.75, 3.05) is 4.90 Å². The molecule has 0 saturated heterocycles. The molecule has 218 valence electrons. The normalized spacial score (nSPS) is 15.4. The number of anilines is 3. The smallest absolute Gasteiger partial charge is 0.247 e. The Morgan fingerprint density at radius 1 is 0.636 bits per heavy atom. The van der Waals surface area contributed by atoms with Crippen molar-refractivity contribution >= 4 is 62.1 Å². The summed E-state index contributed by atoms with van der Waals surface area (Å²) in [6.07, 6.45) is 0. The number of benzene rings is 5. The summed E-state index contributed by atoms with van der Waals surface area (Å²) in [6, 6.07) is 36.5. The van der Waals surface area contributed by atoms with Crippen LogP contribution < -0.4 is 21.3 Å². The molecule has 0 spiro atoms. The van der Waals surface area contributed by atoms with Crippen LogP contribution in [-0.4, -0.2) is 6.71 Å². The highest BCUT2D eigenvalue weighted by atomic mass is 16.3. The Labute approximate surface area is 261 Å². The molecule has 5 aromatic carbocycles. The van der Waals surface area contributed by atoms with E-state index in [-0.39, 0.29) is 23.0 Å². The van der Waals surface area contributed by atoms with Crippen LogP contribution in [0, 0.1) is 0 Å². The van der Waals surface area contributed by atoms with Gasteiger partial charge in [-0.1, -0.05) is 128 Å². The first kappa shape index (κ1) is 27.3. The minimum absolute atomic E-state index is 0.0576. The number of furan rings is 1. The van der Waals surface area contributed by atoms with Crippen molar-refractivity contribution in [3.05, 3.63) is 119 Å². The van der Waals surface area contributed by atoms with E-state index in [9.17, 15) is 0 Å². The van der Waals surface area contributed by atoms with Crippen LogP contribution in [0.15, 0.2) is 101 Å². The highest BCUT2D eigenvalue weighted by molar-refractivity contribution is 6.99. The molecule has 0 bridgehead atoms. The third-order valence-electron chi connectivity index (χ3n) is 10.3. The molecule has 2 aliphatic rings. The van der Waals surface area contributed by atoms with Gasteiger partial charge < -0.3 is 9.32 Å². The number of fused-ring (bicyclic) bond motifs is 8. The molecule has 0 amide bonds. The summed E-state index contributed by atoms with van der Waals surface area (Å²) in [5, 5.41) is 2.35. The number of hydrogen-bond donors (Lipinski definition) is 0. The molecular formula is C41H40BNO. The largest absolute Gasteiger partial charge is 0.456 e. The Bertz CT molecular complexity index is 2120. The van der Waals surface area contributed by atoms with Gasteiger partial charge in [0.2, 0.25) is 6.71 Å². The summed E-state index contributed by atoms with van der Waals surface area (Å²) in [7, 11) is 0. The molecule has 0 unspecified atom stereocenters. The van der Waals surface area contributed by atoms with Crippen molar-refractivity contribution in [2.24, 2.45) is 0 Å². The SMILES string of the molecule is CC(C)(C)c1ccc(N2c3cccc4c3B(c3cc(C(C)(C)C)ccc3C4(C)C)c3ccc4oc5ccccc5c4c32)cc1. The van der Waals surface area contributed by atoms with Crippen LogP contribution in [0.3, 0.4) is 0 Å². The van der Waals surface area contributed by atoms with E-state index in [1.807, 2.05) is 0 Å². The number of rotatable bonds is 1. The highest BCUT2D eigenvalue weighted by Crippen LogP contribution is 2.47. The zero-order valence-corrected chi connectivity index (χ0v) is 27.2. The van der Waals surface area contributed by atoms with Crippen LogP contribution in [0.5, 0.6) is 0 Å². The van der Waals surface area contributed by atoms with Crippen LogP contribution in [0.1, 0.15) is 77.6 Å². The average molecular weight is 574 g/mol. The van der Waals surface area contributed by atoms with Gasteiger partial charge in [-0.3, -0.25) is 0 Å². The standard InChI is InChI=1S/C41H40BNO/c1-39(2,3)25-16-19-27(20-17-25)43-33-14-11-13-30-37(33)42(32-24-26(40(4,5)6)18-21-29(32)41(30,7)8)31-22-23-35-36(38(31)43)28-12-9-10-15-34(28)44-35/h9-24H,1-8H3. The van der Waals surface area contributed by atoms with Gasteiger partial charge in [-0.05, 0) is 74.3 Å². The molecule has 1 aromatic heterocycles. The van der Waals surface area contributed by atoms with Crippen LogP contribution >= 0.6 is 0 Å². The predicted molar refractivity (Wildman–Crippen MR) is 189 cm³/mol. The summed E-state index contributed by atoms with van der Waals surface area (Å²) in [5.41, 5.74) is 15.3. The van der Waals surface area contributed by atoms with Gasteiger partial charge in [0.05, 0.1) is 11.1 Å². The predicted octanol–water partition coefficient (Wildman–Crippen LogP) is 9.12. The molecule has 3 heterocycles. The van der Waals surface area contributed by atoms with Gasteiger partial charge in [0, 0.05) is 22.2 Å². The van der Waals surface area contributed by atoms with Gasteiger partial charge in [-0.25, -0.2) is 0 Å². The molecule has 0 fully saturated rings. The van der Waals surface area contributed by atoms with Gasteiger partial charge >= 0.3 is 0 Å². The van der Waals surface area contributed by atoms with E-state index in [0.717, 1.165) is 16.6 Å². The fourth-order valence-corrected chi connectivity index (χ4v) is 7.84. The number of nitrogens with zero attached hydrogens (tertiary/aromatic N) is 1. The molecule has 0 aliphatic carbocycles. The Balaban J connectivity index is 1.51. The maximum atomic E-state index is 6.50. The quantitative estimate of drug-likeness (QED) is 0.182. The molecule has 0 N–H and O–H groups in total. The molecule has 0 radical (unpaired) electrons. The second-order valence-electron chi connectivity index (χ2n) is 15.5. The maximum absolute atomic E-state index is 6.50. The first-order valence-corrected chi connectivity index (χ1v) is 16.0. The fourth-order valence-electron chi connectivity index (χ4n) is 7.84. The molecule has 0 saturated carbocycles. The van der Waals surface area contributed by atoms with Crippen molar-refractivity contribution in [3.63, 3.8) is 0 Å². The summed E-state index contributed by atoms with van der Waals surface area (Å²) in [6.45, 7) is 18.7. The molecule has 44 heavy (non-hydrogen) atoms. The maximum Gasteiger partial charge on any atom is 0.247 e. The second-order valence-corrected chi connectivity index (χ2v) is 15.5. The van der Waals surface area contributed by atoms with Crippen molar-refractivity contribution in [1.29, 1.82) is 0 Å². The van der Waals surface area contributed by atoms with Crippen LogP contribution in [0.4, 0.5) is 17.1 Å². The van der Waals surface area contributed by atoms with Crippen molar-refractivity contribution in [1.82, 2.24) is 0 Å². The molecule has 0 atom stereocenters. The van der Waals surface area contributed by atoms with Crippen LogP contribution in [0.25, 0.3) is 21.9 Å². The summed E-state index contributed by atoms with van der Waals surface area (Å²) in [4.78, 5) is 2.52. The number of hydrogen-bond acceptors (Lipinski definition) is 2. The zero-order chi connectivity index (χ0) is 30.8. The molecule has 8 rings (SSSR count). The van der Waals surface area contributed by atoms with Crippen molar-refractivity contribution in [3.8, 4) is 0 Å². The summed E-state index contributed by atoms with van der Waals surface area (Å²) < 4.78 is 6.50. The second kappa shape index (κ2) is 8.91. The monoisotopic (exact) mass is 573 g/mol. The lowest BCUT2D eigenvalue weighted by Crippen LogP contribution is -2.64. The van der Waals surface area contributed by atoms with E-state index >= 15 is 0 Å². The Kier molecular flexibility index (Phi) is 5.53. The average Bonchev–Trinajstić information content (AvgIpc) is 3.37. The van der Waals surface area contributed by atoms with Crippen LogP contribution in [0.2, 0.25) is 0 Å². The first-order valence-electron chi connectivity index (χ1n) is 16.0. The van der Waals surface area contributed by atoms with Gasteiger partial charge in [0.15, 0.2) is 0 Å². The van der Waals surface area contributed by atoms with Gasteiger partial charge in [0.25, 0.3) is 0 Å². The van der Waals surface area contributed by atoms with E-state index in [2.05, 4.69) is 157 Å². The Hall–Kier alpha value is -4.24. The highest BCUT2D eigenvalue weighted by Gasteiger charge is 2.46. The molecular weight excluding hydrogens is 533 g/mol. The molecule has 2 nitrogen and oxygen atoms in total. The van der Waals surface area contributed by atoms with E-state index < -0.39 is 0 Å². The molecule has 3 heteroatoms. The van der Waals surface area contributed by atoms with Gasteiger partial charge in [0.1, 0.15) is 11.2 Å². The Morgan fingerprint density at radius 2 is 1.34 bits per heavy atom. The lowest BCUT2D eigenvalue weighted by atomic mass is 9.30. The minimum Gasteiger partial charge on any atom is -0.456 e. The topological polar surface area (TPSA) is 16.4 Å².